The van der Waals surface area contributed by atoms with Crippen molar-refractivity contribution in [3.8, 4) is 11.8 Å². The topological polar surface area (TPSA) is 45.4 Å². The van der Waals surface area contributed by atoms with Gasteiger partial charge >= 0.3 is 0 Å². The molecular weight excluding hydrogens is 382 g/mol. The summed E-state index contributed by atoms with van der Waals surface area (Å²) in [5.41, 5.74) is 8.87. The second-order valence-corrected chi connectivity index (χ2v) is 10.3. The average molecular weight is 416 g/mol. The van der Waals surface area contributed by atoms with Crippen LogP contribution in [0.4, 0.5) is 0 Å². The molecule has 0 radical (unpaired) electrons. The second kappa shape index (κ2) is 7.33. The second-order valence-electron chi connectivity index (χ2n) is 10.3. The molecule has 0 saturated carbocycles. The van der Waals surface area contributed by atoms with Crippen LogP contribution < -0.4 is 0 Å². The molecule has 2 aromatic carbocycles. The summed E-state index contributed by atoms with van der Waals surface area (Å²) in [6.45, 7) is 16.5. The summed E-state index contributed by atoms with van der Waals surface area (Å²) in [5.74, 6) is 0.113. The highest BCUT2D eigenvalue weighted by molar-refractivity contribution is 5.80. The molecule has 1 heterocycles. The van der Waals surface area contributed by atoms with Crippen molar-refractivity contribution in [3.05, 3.63) is 88.5 Å². The molecule has 1 aliphatic carbocycles. The molecule has 162 valence electrons. The number of hydrogen-bond acceptors (Lipinski definition) is 2. The monoisotopic (exact) mass is 415 g/mol. The van der Waals surface area contributed by atoms with Crippen molar-refractivity contribution >= 4 is 5.57 Å². The summed E-state index contributed by atoms with van der Waals surface area (Å²) in [7, 11) is 0. The predicted molar refractivity (Wildman–Crippen MR) is 128 cm³/mol. The standard InChI is InChI=1S/C28H33NO2/c1-18-15-23-24(28(5,6)14-13-27(23,3)4)16-22(18)19(2)21-9-7-20(8-10-21)17-29-25(30)11-12-26(29)31/h7-12,15-16,30-31H,2,13-14,17H2,1,3-6H3. The number of fused-ring (bicyclic) bond motifs is 1. The zero-order valence-electron chi connectivity index (χ0n) is 19.3. The Morgan fingerprint density at radius 1 is 0.871 bits per heavy atom. The van der Waals surface area contributed by atoms with Crippen LogP contribution in [-0.4, -0.2) is 14.8 Å². The van der Waals surface area contributed by atoms with Gasteiger partial charge in [0.2, 0.25) is 0 Å². The maximum absolute atomic E-state index is 9.88. The van der Waals surface area contributed by atoms with Crippen molar-refractivity contribution in [1.82, 2.24) is 4.57 Å². The van der Waals surface area contributed by atoms with Gasteiger partial charge in [-0.3, -0.25) is 4.57 Å². The van der Waals surface area contributed by atoms with Crippen LogP contribution >= 0.6 is 0 Å². The van der Waals surface area contributed by atoms with Gasteiger partial charge in [-0.05, 0) is 69.5 Å². The van der Waals surface area contributed by atoms with Gasteiger partial charge in [0.05, 0.1) is 6.54 Å². The third-order valence-corrected chi connectivity index (χ3v) is 7.10. The molecule has 0 saturated heterocycles. The number of aromatic nitrogens is 1. The molecule has 3 heteroatoms. The van der Waals surface area contributed by atoms with Crippen LogP contribution in [0.1, 0.15) is 73.9 Å². The van der Waals surface area contributed by atoms with Gasteiger partial charge in [-0.25, -0.2) is 0 Å². The lowest BCUT2D eigenvalue weighted by molar-refractivity contribution is 0.331. The molecule has 1 aliphatic rings. The van der Waals surface area contributed by atoms with Gasteiger partial charge in [-0.2, -0.15) is 0 Å². The molecule has 2 N–H and O–H groups in total. The van der Waals surface area contributed by atoms with E-state index in [2.05, 4.69) is 65.5 Å². The molecule has 0 fully saturated rings. The zero-order chi connectivity index (χ0) is 22.6. The summed E-state index contributed by atoms with van der Waals surface area (Å²) in [5, 5.41) is 19.8. The van der Waals surface area contributed by atoms with E-state index < -0.39 is 0 Å². The average Bonchev–Trinajstić information content (AvgIpc) is 3.03. The van der Waals surface area contributed by atoms with Crippen LogP contribution in [0.2, 0.25) is 0 Å². The SMILES string of the molecule is C=C(c1ccc(Cn2c(O)ccc2O)cc1)c1cc2c(cc1C)C(C)(C)CCC2(C)C. The molecular formula is C28H33NO2. The predicted octanol–water partition coefficient (Wildman–Crippen LogP) is 6.67. The van der Waals surface area contributed by atoms with E-state index in [-0.39, 0.29) is 22.6 Å². The molecule has 3 aromatic rings. The number of nitrogens with zero attached hydrogens (tertiary/aromatic N) is 1. The molecule has 0 spiro atoms. The smallest absolute Gasteiger partial charge is 0.194 e. The fourth-order valence-electron chi connectivity index (χ4n) is 4.81. The van der Waals surface area contributed by atoms with Crippen LogP contribution in [0.3, 0.4) is 0 Å². The van der Waals surface area contributed by atoms with Gasteiger partial charge in [-0.1, -0.05) is 70.7 Å². The van der Waals surface area contributed by atoms with Crippen LogP contribution in [0, 0.1) is 6.92 Å². The lowest BCUT2D eigenvalue weighted by atomic mass is 9.62. The lowest BCUT2D eigenvalue weighted by Crippen LogP contribution is -2.34. The number of benzene rings is 2. The van der Waals surface area contributed by atoms with Crippen molar-refractivity contribution in [2.75, 3.05) is 0 Å². The molecule has 0 aliphatic heterocycles. The van der Waals surface area contributed by atoms with Crippen LogP contribution in [0.5, 0.6) is 11.8 Å². The maximum atomic E-state index is 9.88. The third kappa shape index (κ3) is 3.78. The fraction of sp³-hybridized carbons (Fsp3) is 0.357. The quantitative estimate of drug-likeness (QED) is 0.500. The van der Waals surface area contributed by atoms with Crippen molar-refractivity contribution in [2.24, 2.45) is 0 Å². The summed E-state index contributed by atoms with van der Waals surface area (Å²) in [4.78, 5) is 0. The van der Waals surface area contributed by atoms with Gasteiger partial charge in [0.1, 0.15) is 0 Å². The normalized spacial score (nSPS) is 16.7. The van der Waals surface area contributed by atoms with Crippen LogP contribution in [0.25, 0.3) is 5.57 Å². The minimum atomic E-state index is 0.0567. The Balaban J connectivity index is 1.66. The van der Waals surface area contributed by atoms with Gasteiger partial charge < -0.3 is 10.2 Å². The Bertz CT molecular complexity index is 1130. The highest BCUT2D eigenvalue weighted by Crippen LogP contribution is 2.47. The molecule has 4 rings (SSSR count). The highest BCUT2D eigenvalue weighted by atomic mass is 16.3. The van der Waals surface area contributed by atoms with Crippen LogP contribution in [0.15, 0.2) is 55.1 Å². The van der Waals surface area contributed by atoms with Gasteiger partial charge in [0, 0.05) is 12.1 Å². The Morgan fingerprint density at radius 3 is 1.94 bits per heavy atom. The van der Waals surface area contributed by atoms with E-state index in [4.69, 9.17) is 0 Å². The molecule has 0 bridgehead atoms. The van der Waals surface area contributed by atoms with Crippen LogP contribution in [-0.2, 0) is 17.4 Å². The number of hydrogen-bond donors (Lipinski definition) is 2. The van der Waals surface area contributed by atoms with E-state index in [9.17, 15) is 10.2 Å². The highest BCUT2D eigenvalue weighted by Gasteiger charge is 2.37. The maximum Gasteiger partial charge on any atom is 0.194 e. The summed E-state index contributed by atoms with van der Waals surface area (Å²) in [6, 6.07) is 15.9. The first kappa shape index (κ1) is 21.3. The molecule has 3 nitrogen and oxygen atoms in total. The number of rotatable bonds is 4. The lowest BCUT2D eigenvalue weighted by Gasteiger charge is -2.42. The first-order chi connectivity index (χ1) is 14.5. The third-order valence-electron chi connectivity index (χ3n) is 7.10. The molecule has 0 unspecified atom stereocenters. The largest absolute Gasteiger partial charge is 0.494 e. The molecule has 31 heavy (non-hydrogen) atoms. The number of aromatic hydroxyl groups is 2. The van der Waals surface area contributed by atoms with E-state index in [1.54, 1.807) is 0 Å². The first-order valence-corrected chi connectivity index (χ1v) is 11.0. The zero-order valence-corrected chi connectivity index (χ0v) is 19.3. The van der Waals surface area contributed by atoms with Gasteiger partial charge in [0.25, 0.3) is 0 Å². The first-order valence-electron chi connectivity index (χ1n) is 11.0. The number of aryl methyl sites for hydroxylation is 1. The Morgan fingerprint density at radius 2 is 1.39 bits per heavy atom. The Hall–Kier alpha value is -2.94. The van der Waals surface area contributed by atoms with E-state index in [0.717, 1.165) is 16.7 Å². The van der Waals surface area contributed by atoms with E-state index in [0.29, 0.717) is 6.54 Å². The summed E-state index contributed by atoms with van der Waals surface area (Å²) in [6.07, 6.45) is 2.40. The van der Waals surface area contributed by atoms with E-state index in [1.165, 1.54) is 51.8 Å². The summed E-state index contributed by atoms with van der Waals surface area (Å²) >= 11 is 0. The molecule has 0 amide bonds. The van der Waals surface area contributed by atoms with Gasteiger partial charge in [-0.15, -0.1) is 0 Å². The van der Waals surface area contributed by atoms with Gasteiger partial charge in [0.15, 0.2) is 11.8 Å². The van der Waals surface area contributed by atoms with E-state index in [1.807, 2.05) is 12.1 Å². The van der Waals surface area contributed by atoms with Crippen molar-refractivity contribution in [3.63, 3.8) is 0 Å². The van der Waals surface area contributed by atoms with Crippen molar-refractivity contribution in [1.29, 1.82) is 0 Å². The summed E-state index contributed by atoms with van der Waals surface area (Å²) < 4.78 is 1.47. The minimum absolute atomic E-state index is 0.0567. The Kier molecular flexibility index (Phi) is 5.04. The Labute approximate surface area is 185 Å². The fourth-order valence-corrected chi connectivity index (χ4v) is 4.81. The molecule has 1 aromatic heterocycles. The van der Waals surface area contributed by atoms with Crippen molar-refractivity contribution in [2.45, 2.75) is 64.8 Å². The minimum Gasteiger partial charge on any atom is -0.494 e. The molecule has 0 atom stereocenters. The van der Waals surface area contributed by atoms with Crippen molar-refractivity contribution < 1.29 is 10.2 Å². The van der Waals surface area contributed by atoms with E-state index >= 15 is 0 Å².